The highest BCUT2D eigenvalue weighted by Gasteiger charge is 2.25. The molecule has 0 spiro atoms. The number of carbonyl (C=O) groups excluding carboxylic acids is 2. The topological polar surface area (TPSA) is 77.5 Å². The molecule has 2 amide bonds. The van der Waals surface area contributed by atoms with Crippen LogP contribution in [0.5, 0.6) is 0 Å². The van der Waals surface area contributed by atoms with Crippen molar-refractivity contribution >= 4 is 24.0 Å². The molecule has 2 aromatic rings. The van der Waals surface area contributed by atoms with Crippen LogP contribution in [0.3, 0.4) is 0 Å². The van der Waals surface area contributed by atoms with E-state index in [-0.39, 0.29) is 11.8 Å². The number of H-pyrrole nitrogens is 1. The van der Waals surface area contributed by atoms with Crippen molar-refractivity contribution in [3.05, 3.63) is 34.6 Å². The molecule has 0 bridgehead atoms. The third-order valence-corrected chi connectivity index (χ3v) is 6.69. The van der Waals surface area contributed by atoms with E-state index in [1.54, 1.807) is 0 Å². The van der Waals surface area contributed by atoms with E-state index in [0.29, 0.717) is 37.4 Å². The molecule has 0 atom stereocenters. The maximum atomic E-state index is 12.8. The van der Waals surface area contributed by atoms with Crippen LogP contribution in [0.1, 0.15) is 31.2 Å². The quantitative estimate of drug-likeness (QED) is 0.676. The van der Waals surface area contributed by atoms with Crippen LogP contribution in [-0.4, -0.2) is 87.1 Å². The Labute approximate surface area is 194 Å². The molecule has 9 heteroatoms. The molecule has 2 saturated heterocycles. The van der Waals surface area contributed by atoms with Crippen molar-refractivity contribution in [2.45, 2.75) is 39.2 Å². The van der Waals surface area contributed by atoms with E-state index in [2.05, 4.69) is 21.2 Å². The summed E-state index contributed by atoms with van der Waals surface area (Å²) in [6, 6.07) is 8.10. The third kappa shape index (κ3) is 5.45. The Morgan fingerprint density at radius 2 is 1.72 bits per heavy atom. The van der Waals surface area contributed by atoms with Gasteiger partial charge in [-0.1, -0.05) is 23.8 Å². The monoisotopic (exact) mass is 456 g/mol. The maximum absolute atomic E-state index is 12.8. The predicted octanol–water partition coefficient (Wildman–Crippen LogP) is 2.46. The van der Waals surface area contributed by atoms with Crippen molar-refractivity contribution in [1.29, 1.82) is 0 Å². The summed E-state index contributed by atoms with van der Waals surface area (Å²) >= 11 is 5.40. The molecule has 1 aromatic heterocycles. The van der Waals surface area contributed by atoms with Gasteiger partial charge in [0.2, 0.25) is 11.8 Å². The van der Waals surface area contributed by atoms with Gasteiger partial charge in [0.05, 0.1) is 6.54 Å². The predicted molar refractivity (Wildman–Crippen MR) is 126 cm³/mol. The van der Waals surface area contributed by atoms with Gasteiger partial charge in [-0.15, -0.1) is 0 Å². The van der Waals surface area contributed by atoms with Gasteiger partial charge in [0.15, 0.2) is 10.6 Å². The van der Waals surface area contributed by atoms with Crippen LogP contribution in [0.2, 0.25) is 0 Å². The fourth-order valence-electron chi connectivity index (χ4n) is 4.49. The number of likely N-dealkylation sites (tertiary alicyclic amines) is 1. The zero-order valence-corrected chi connectivity index (χ0v) is 19.6. The van der Waals surface area contributed by atoms with Crippen LogP contribution in [-0.2, 0) is 16.1 Å². The fourth-order valence-corrected chi connectivity index (χ4v) is 4.71. The van der Waals surface area contributed by atoms with Crippen LogP contribution in [0.25, 0.3) is 11.4 Å². The maximum Gasteiger partial charge on any atom is 0.236 e. The lowest BCUT2D eigenvalue weighted by Crippen LogP contribution is -2.52. The first-order valence-electron chi connectivity index (χ1n) is 11.5. The molecular weight excluding hydrogens is 424 g/mol. The number of rotatable bonds is 6. The molecule has 0 aliphatic carbocycles. The summed E-state index contributed by atoms with van der Waals surface area (Å²) in [5, 5.41) is 7.23. The van der Waals surface area contributed by atoms with Crippen molar-refractivity contribution in [3.8, 4) is 11.4 Å². The number of amides is 2. The average molecular weight is 457 g/mol. The fraction of sp³-hybridized carbons (Fsp3) is 0.565. The Morgan fingerprint density at radius 3 is 2.44 bits per heavy atom. The number of aromatic nitrogens is 3. The van der Waals surface area contributed by atoms with Crippen molar-refractivity contribution < 1.29 is 9.59 Å². The molecule has 0 saturated carbocycles. The minimum Gasteiger partial charge on any atom is -0.342 e. The molecule has 3 heterocycles. The highest BCUT2D eigenvalue weighted by molar-refractivity contribution is 7.71. The van der Waals surface area contributed by atoms with Crippen LogP contribution >= 0.6 is 12.2 Å². The summed E-state index contributed by atoms with van der Waals surface area (Å²) in [6.45, 7) is 7.57. The van der Waals surface area contributed by atoms with Gasteiger partial charge >= 0.3 is 0 Å². The standard InChI is InChI=1S/C23H32N6O2S/c1-18-6-5-7-19(16-18)22-24-25-23(32)29(22)11-8-20(30)28-14-12-26(13-15-28)17-21(31)27-9-3-2-4-10-27/h5-7,16H,2-4,8-15,17H2,1H3,(H,25,32). The van der Waals surface area contributed by atoms with Gasteiger partial charge in [-0.2, -0.15) is 5.10 Å². The number of piperidine rings is 1. The highest BCUT2D eigenvalue weighted by atomic mass is 32.1. The van der Waals surface area contributed by atoms with Gasteiger partial charge in [0.25, 0.3) is 0 Å². The summed E-state index contributed by atoms with van der Waals surface area (Å²) in [5.41, 5.74) is 2.13. The van der Waals surface area contributed by atoms with Crippen LogP contribution in [0.15, 0.2) is 24.3 Å². The minimum atomic E-state index is 0.116. The number of hydrogen-bond acceptors (Lipinski definition) is 5. The summed E-state index contributed by atoms with van der Waals surface area (Å²) in [4.78, 5) is 31.4. The van der Waals surface area contributed by atoms with E-state index < -0.39 is 0 Å². The van der Waals surface area contributed by atoms with Crippen molar-refractivity contribution in [1.82, 2.24) is 29.5 Å². The van der Waals surface area contributed by atoms with Crippen LogP contribution in [0, 0.1) is 11.7 Å². The Kier molecular flexibility index (Phi) is 7.36. The van der Waals surface area contributed by atoms with Crippen LogP contribution in [0.4, 0.5) is 0 Å². The lowest BCUT2D eigenvalue weighted by atomic mass is 10.1. The molecule has 2 fully saturated rings. The Morgan fingerprint density at radius 1 is 1.00 bits per heavy atom. The lowest BCUT2D eigenvalue weighted by molar-refractivity contribution is -0.135. The van der Waals surface area contributed by atoms with Crippen LogP contribution < -0.4 is 0 Å². The van der Waals surface area contributed by atoms with E-state index in [0.717, 1.165) is 56.0 Å². The second-order valence-electron chi connectivity index (χ2n) is 8.72. The molecule has 1 N–H and O–H groups in total. The third-order valence-electron chi connectivity index (χ3n) is 6.38. The molecule has 2 aliphatic heterocycles. The molecule has 1 aromatic carbocycles. The zero-order valence-electron chi connectivity index (χ0n) is 18.8. The zero-order chi connectivity index (χ0) is 22.5. The van der Waals surface area contributed by atoms with Gasteiger partial charge < -0.3 is 9.80 Å². The van der Waals surface area contributed by atoms with Gasteiger partial charge in [0.1, 0.15) is 0 Å². The SMILES string of the molecule is Cc1cccc(-c2n[nH]c(=S)n2CCC(=O)N2CCN(CC(=O)N3CCCCC3)CC2)c1. The second-order valence-corrected chi connectivity index (χ2v) is 9.11. The first-order chi connectivity index (χ1) is 15.5. The summed E-state index contributed by atoms with van der Waals surface area (Å²) in [6.07, 6.45) is 3.82. The number of carbonyl (C=O) groups is 2. The number of hydrogen-bond donors (Lipinski definition) is 1. The largest absolute Gasteiger partial charge is 0.342 e. The first-order valence-corrected chi connectivity index (χ1v) is 11.9. The molecule has 2 aliphatic rings. The molecule has 0 radical (unpaired) electrons. The number of piperazine rings is 1. The van der Waals surface area contributed by atoms with E-state index in [1.807, 2.05) is 39.5 Å². The average Bonchev–Trinajstić information content (AvgIpc) is 3.18. The Hall–Kier alpha value is -2.52. The summed E-state index contributed by atoms with van der Waals surface area (Å²) < 4.78 is 2.42. The molecule has 0 unspecified atom stereocenters. The molecule has 4 rings (SSSR count). The van der Waals surface area contributed by atoms with Crippen molar-refractivity contribution in [2.75, 3.05) is 45.8 Å². The number of aromatic amines is 1. The molecular formula is C23H32N6O2S. The number of nitrogens with one attached hydrogen (secondary N) is 1. The normalized spacial score (nSPS) is 17.5. The van der Waals surface area contributed by atoms with E-state index in [9.17, 15) is 9.59 Å². The van der Waals surface area contributed by atoms with E-state index in [4.69, 9.17) is 12.2 Å². The highest BCUT2D eigenvalue weighted by Crippen LogP contribution is 2.19. The summed E-state index contributed by atoms with van der Waals surface area (Å²) in [7, 11) is 0. The van der Waals surface area contributed by atoms with Gasteiger partial charge in [-0.25, -0.2) is 0 Å². The van der Waals surface area contributed by atoms with E-state index in [1.165, 1.54) is 6.42 Å². The van der Waals surface area contributed by atoms with Crippen molar-refractivity contribution in [2.24, 2.45) is 0 Å². The van der Waals surface area contributed by atoms with Gasteiger partial charge in [-0.3, -0.25) is 24.2 Å². The minimum absolute atomic E-state index is 0.116. The number of benzene rings is 1. The van der Waals surface area contributed by atoms with E-state index >= 15 is 0 Å². The van der Waals surface area contributed by atoms with Crippen molar-refractivity contribution in [3.63, 3.8) is 0 Å². The summed E-state index contributed by atoms with van der Waals surface area (Å²) in [5.74, 6) is 1.10. The lowest BCUT2D eigenvalue weighted by Gasteiger charge is -2.36. The Balaban J connectivity index is 1.28. The number of aryl methyl sites for hydroxylation is 1. The molecule has 8 nitrogen and oxygen atoms in total. The molecule has 172 valence electrons. The smallest absolute Gasteiger partial charge is 0.236 e. The first kappa shape index (κ1) is 22.7. The molecule has 32 heavy (non-hydrogen) atoms. The number of nitrogens with zero attached hydrogens (tertiary/aromatic N) is 5. The van der Waals surface area contributed by atoms with Gasteiger partial charge in [0, 0.05) is 57.8 Å². The van der Waals surface area contributed by atoms with Gasteiger partial charge in [-0.05, 0) is 44.5 Å². The second kappa shape index (κ2) is 10.4. The Bertz CT molecular complexity index is 1000.